The fourth-order valence-electron chi connectivity index (χ4n) is 4.46. The van der Waals surface area contributed by atoms with Gasteiger partial charge in [0.15, 0.2) is 0 Å². The maximum absolute atomic E-state index is 13.7. The molecule has 2 amide bonds. The zero-order valence-corrected chi connectivity index (χ0v) is 22.3. The van der Waals surface area contributed by atoms with E-state index in [0.717, 1.165) is 60.8 Å². The highest BCUT2D eigenvalue weighted by molar-refractivity contribution is 9.10. The molecule has 0 spiro atoms. The van der Waals surface area contributed by atoms with Gasteiger partial charge in [-0.1, -0.05) is 56.6 Å². The van der Waals surface area contributed by atoms with E-state index in [1.807, 2.05) is 17.0 Å². The molecule has 1 unspecified atom stereocenters. The first-order chi connectivity index (χ1) is 15.2. The second kappa shape index (κ2) is 10.5. The first kappa shape index (κ1) is 25.0. The SMILES string of the molecule is CCCN(CCC)C(=O)c1c(NC(=O)c2cccc(Br)c2)sc2c1CCC(C(C)(C)C)C2. The molecule has 1 aliphatic rings. The molecule has 0 fully saturated rings. The number of anilines is 1. The van der Waals surface area contributed by atoms with Gasteiger partial charge >= 0.3 is 0 Å². The summed E-state index contributed by atoms with van der Waals surface area (Å²) in [4.78, 5) is 30.0. The second-order valence-corrected chi connectivity index (χ2v) is 11.8. The Labute approximate surface area is 204 Å². The average Bonchev–Trinajstić information content (AvgIpc) is 3.09. The Kier molecular flexibility index (Phi) is 8.21. The van der Waals surface area contributed by atoms with Gasteiger partial charge in [0.25, 0.3) is 11.8 Å². The summed E-state index contributed by atoms with van der Waals surface area (Å²) >= 11 is 5.04. The van der Waals surface area contributed by atoms with Crippen LogP contribution in [0.15, 0.2) is 28.7 Å². The van der Waals surface area contributed by atoms with E-state index in [1.165, 1.54) is 4.88 Å². The monoisotopic (exact) mass is 518 g/mol. The molecule has 0 saturated carbocycles. The van der Waals surface area contributed by atoms with Crippen LogP contribution < -0.4 is 5.32 Å². The lowest BCUT2D eigenvalue weighted by Crippen LogP contribution is -2.34. The van der Waals surface area contributed by atoms with Crippen LogP contribution in [0.2, 0.25) is 0 Å². The van der Waals surface area contributed by atoms with Crippen LogP contribution in [0.25, 0.3) is 0 Å². The second-order valence-electron chi connectivity index (χ2n) is 9.77. The largest absolute Gasteiger partial charge is 0.339 e. The van der Waals surface area contributed by atoms with Crippen LogP contribution in [0, 0.1) is 11.3 Å². The smallest absolute Gasteiger partial charge is 0.257 e. The maximum atomic E-state index is 13.7. The quantitative estimate of drug-likeness (QED) is 0.421. The molecule has 4 nitrogen and oxygen atoms in total. The number of hydrogen-bond donors (Lipinski definition) is 1. The van der Waals surface area contributed by atoms with Crippen molar-refractivity contribution in [2.24, 2.45) is 11.3 Å². The molecule has 2 aromatic rings. The normalized spacial score (nSPS) is 15.9. The van der Waals surface area contributed by atoms with Gasteiger partial charge in [-0.2, -0.15) is 0 Å². The first-order valence-corrected chi connectivity index (χ1v) is 13.3. The van der Waals surface area contributed by atoms with Gasteiger partial charge in [0.2, 0.25) is 0 Å². The molecule has 3 rings (SSSR count). The molecule has 174 valence electrons. The summed E-state index contributed by atoms with van der Waals surface area (Å²) in [5, 5.41) is 3.80. The Balaban J connectivity index is 2.00. The number of thiophene rings is 1. The summed E-state index contributed by atoms with van der Waals surface area (Å²) in [5.74, 6) is 0.460. The fourth-order valence-corrected chi connectivity index (χ4v) is 6.17. The van der Waals surface area contributed by atoms with Gasteiger partial charge in [0.05, 0.1) is 5.56 Å². The summed E-state index contributed by atoms with van der Waals surface area (Å²) in [6, 6.07) is 7.35. The third kappa shape index (κ3) is 5.63. The average molecular weight is 520 g/mol. The lowest BCUT2D eigenvalue weighted by molar-refractivity contribution is 0.0755. The minimum Gasteiger partial charge on any atom is -0.339 e. The van der Waals surface area contributed by atoms with Crippen molar-refractivity contribution in [3.63, 3.8) is 0 Å². The molecule has 1 atom stereocenters. The Hall–Kier alpha value is -1.66. The molecule has 1 aliphatic carbocycles. The van der Waals surface area contributed by atoms with E-state index in [-0.39, 0.29) is 17.2 Å². The van der Waals surface area contributed by atoms with Crippen LogP contribution in [-0.2, 0) is 12.8 Å². The minimum absolute atomic E-state index is 0.0601. The highest BCUT2D eigenvalue weighted by Gasteiger charge is 2.35. The Morgan fingerprint density at radius 1 is 1.19 bits per heavy atom. The van der Waals surface area contributed by atoms with Crippen molar-refractivity contribution in [1.29, 1.82) is 0 Å². The molecular formula is C26H35BrN2O2S. The van der Waals surface area contributed by atoms with Gasteiger partial charge in [-0.3, -0.25) is 9.59 Å². The van der Waals surface area contributed by atoms with Crippen molar-refractivity contribution < 1.29 is 9.59 Å². The molecule has 1 aromatic carbocycles. The standard InChI is InChI=1S/C26H35BrN2O2S/c1-6-13-29(14-7-2)25(31)22-20-12-11-18(26(3,4)5)16-21(20)32-24(22)28-23(30)17-9-8-10-19(27)15-17/h8-10,15,18H,6-7,11-14,16H2,1-5H3,(H,28,30). The third-order valence-corrected chi connectivity index (χ3v) is 7.96. The predicted octanol–water partition coefficient (Wildman–Crippen LogP) is 7.18. The number of fused-ring (bicyclic) bond motifs is 1. The highest BCUT2D eigenvalue weighted by Crippen LogP contribution is 2.44. The number of carbonyl (C=O) groups is 2. The van der Waals surface area contributed by atoms with Crippen LogP contribution in [-0.4, -0.2) is 29.8 Å². The highest BCUT2D eigenvalue weighted by atomic mass is 79.9. The topological polar surface area (TPSA) is 49.4 Å². The molecular weight excluding hydrogens is 484 g/mol. The van der Waals surface area contributed by atoms with E-state index in [9.17, 15) is 9.59 Å². The van der Waals surface area contributed by atoms with Crippen molar-refractivity contribution in [2.75, 3.05) is 18.4 Å². The minimum atomic E-state index is -0.177. The number of halogens is 1. The van der Waals surface area contributed by atoms with Crippen molar-refractivity contribution in [3.8, 4) is 0 Å². The van der Waals surface area contributed by atoms with E-state index in [0.29, 0.717) is 16.5 Å². The molecule has 0 radical (unpaired) electrons. The van der Waals surface area contributed by atoms with E-state index in [2.05, 4.69) is 55.9 Å². The van der Waals surface area contributed by atoms with Crippen molar-refractivity contribution >= 4 is 44.1 Å². The number of rotatable bonds is 7. The lowest BCUT2D eigenvalue weighted by atomic mass is 9.72. The van der Waals surface area contributed by atoms with Crippen LogP contribution in [0.1, 0.15) is 85.0 Å². The van der Waals surface area contributed by atoms with E-state index < -0.39 is 0 Å². The number of hydrogen-bond acceptors (Lipinski definition) is 3. The van der Waals surface area contributed by atoms with Gasteiger partial charge in [0.1, 0.15) is 5.00 Å². The fraction of sp³-hybridized carbons (Fsp3) is 0.538. The van der Waals surface area contributed by atoms with Crippen molar-refractivity contribution in [3.05, 3.63) is 50.3 Å². The van der Waals surface area contributed by atoms with Crippen LogP contribution >= 0.6 is 27.3 Å². The van der Waals surface area contributed by atoms with Crippen molar-refractivity contribution in [2.45, 2.75) is 66.7 Å². The molecule has 1 N–H and O–H groups in total. The molecule has 0 aliphatic heterocycles. The van der Waals surface area contributed by atoms with Gasteiger partial charge in [-0.25, -0.2) is 0 Å². The molecule has 1 aromatic heterocycles. The summed E-state index contributed by atoms with van der Waals surface area (Å²) in [6.07, 6.45) is 4.79. The van der Waals surface area contributed by atoms with Crippen LogP contribution in [0.5, 0.6) is 0 Å². The Morgan fingerprint density at radius 3 is 2.47 bits per heavy atom. The summed E-state index contributed by atoms with van der Waals surface area (Å²) in [6.45, 7) is 12.6. The summed E-state index contributed by atoms with van der Waals surface area (Å²) in [7, 11) is 0. The number of benzene rings is 1. The molecule has 1 heterocycles. The first-order valence-electron chi connectivity index (χ1n) is 11.7. The lowest BCUT2D eigenvalue weighted by Gasteiger charge is -2.34. The zero-order chi connectivity index (χ0) is 23.5. The van der Waals surface area contributed by atoms with Gasteiger partial charge < -0.3 is 10.2 Å². The number of amides is 2. The summed E-state index contributed by atoms with van der Waals surface area (Å²) < 4.78 is 0.858. The van der Waals surface area contributed by atoms with Crippen LogP contribution in [0.4, 0.5) is 5.00 Å². The number of carbonyl (C=O) groups excluding carboxylic acids is 2. The van der Waals surface area contributed by atoms with Gasteiger partial charge in [-0.15, -0.1) is 11.3 Å². The van der Waals surface area contributed by atoms with Gasteiger partial charge in [0, 0.05) is 28.0 Å². The third-order valence-electron chi connectivity index (χ3n) is 6.29. The number of nitrogens with zero attached hydrogens (tertiary/aromatic N) is 1. The molecule has 32 heavy (non-hydrogen) atoms. The number of nitrogens with one attached hydrogen (secondary N) is 1. The molecule has 6 heteroatoms. The summed E-state index contributed by atoms with van der Waals surface area (Å²) in [5.41, 5.74) is 2.68. The maximum Gasteiger partial charge on any atom is 0.257 e. The van der Waals surface area contributed by atoms with Gasteiger partial charge in [-0.05, 0) is 67.2 Å². The van der Waals surface area contributed by atoms with Crippen molar-refractivity contribution in [1.82, 2.24) is 4.90 Å². The zero-order valence-electron chi connectivity index (χ0n) is 19.9. The van der Waals surface area contributed by atoms with E-state index in [4.69, 9.17) is 0 Å². The van der Waals surface area contributed by atoms with E-state index in [1.54, 1.807) is 23.5 Å². The van der Waals surface area contributed by atoms with E-state index >= 15 is 0 Å². The molecule has 0 bridgehead atoms. The Bertz CT molecular complexity index is 971. The van der Waals surface area contributed by atoms with Crippen LogP contribution in [0.3, 0.4) is 0 Å². The Morgan fingerprint density at radius 2 is 1.88 bits per heavy atom. The molecule has 0 saturated heterocycles. The predicted molar refractivity (Wildman–Crippen MR) is 138 cm³/mol.